The van der Waals surface area contributed by atoms with Crippen molar-refractivity contribution in [3.05, 3.63) is 71.2 Å². The molecule has 1 aliphatic heterocycles. The highest BCUT2D eigenvalue weighted by atomic mass is 32.2. The molecule has 2 heterocycles. The van der Waals surface area contributed by atoms with E-state index in [1.165, 1.54) is 5.56 Å². The molecule has 0 fully saturated rings. The number of fused-ring (bicyclic) bond motifs is 1. The molecule has 2 aromatic carbocycles. The number of carbonyl (C=O) groups excluding carboxylic acids is 1. The summed E-state index contributed by atoms with van der Waals surface area (Å²) in [5.74, 6) is 1.43. The van der Waals surface area contributed by atoms with Crippen molar-refractivity contribution in [2.45, 2.75) is 25.1 Å². The van der Waals surface area contributed by atoms with Crippen LogP contribution in [0.15, 0.2) is 60.0 Å². The number of para-hydroxylation sites is 1. The number of hydrogen-bond acceptors (Lipinski definition) is 4. The molecule has 0 saturated carbocycles. The lowest BCUT2D eigenvalue weighted by Gasteiger charge is -2.22. The van der Waals surface area contributed by atoms with Crippen LogP contribution in [0.3, 0.4) is 0 Å². The van der Waals surface area contributed by atoms with Crippen LogP contribution in [0.1, 0.15) is 18.2 Å². The fourth-order valence-corrected chi connectivity index (χ4v) is 5.05. The van der Waals surface area contributed by atoms with E-state index in [1.807, 2.05) is 41.3 Å². The summed E-state index contributed by atoms with van der Waals surface area (Å²) >= 11 is 3.30. The van der Waals surface area contributed by atoms with E-state index in [4.69, 9.17) is 4.98 Å². The maximum Gasteiger partial charge on any atom is 0.237 e. The molecule has 132 valence electrons. The third-order valence-corrected chi connectivity index (χ3v) is 6.42. The Labute approximate surface area is 162 Å². The minimum atomic E-state index is 0.186. The fourth-order valence-electron chi connectivity index (χ4n) is 3.34. The number of anilines is 1. The predicted octanol–water partition coefficient (Wildman–Crippen LogP) is 5.02. The molecule has 0 aliphatic carbocycles. The molecule has 1 amide bonds. The van der Waals surface area contributed by atoms with Gasteiger partial charge in [0.25, 0.3) is 0 Å². The summed E-state index contributed by atoms with van der Waals surface area (Å²) in [7, 11) is 0. The van der Waals surface area contributed by atoms with Crippen molar-refractivity contribution in [1.29, 1.82) is 0 Å². The largest absolute Gasteiger partial charge is 0.308 e. The Morgan fingerprint density at radius 3 is 2.81 bits per heavy atom. The number of thioether (sulfide) groups is 1. The van der Waals surface area contributed by atoms with Gasteiger partial charge in [-0.1, -0.05) is 48.5 Å². The molecule has 3 nitrogen and oxygen atoms in total. The van der Waals surface area contributed by atoms with Gasteiger partial charge in [-0.2, -0.15) is 0 Å². The summed E-state index contributed by atoms with van der Waals surface area (Å²) < 4.78 is 0. The van der Waals surface area contributed by atoms with Crippen molar-refractivity contribution in [2.24, 2.45) is 0 Å². The van der Waals surface area contributed by atoms with Crippen LogP contribution in [0.25, 0.3) is 10.6 Å². The number of thiazole rings is 1. The Morgan fingerprint density at radius 2 is 1.96 bits per heavy atom. The number of hydrogen-bond donors (Lipinski definition) is 0. The van der Waals surface area contributed by atoms with Gasteiger partial charge in [-0.25, -0.2) is 4.98 Å². The van der Waals surface area contributed by atoms with Crippen LogP contribution in [0, 0.1) is 0 Å². The van der Waals surface area contributed by atoms with Crippen LogP contribution < -0.4 is 4.90 Å². The summed E-state index contributed by atoms with van der Waals surface area (Å²) in [4.78, 5) is 19.4. The van der Waals surface area contributed by atoms with Gasteiger partial charge >= 0.3 is 0 Å². The van der Waals surface area contributed by atoms with Crippen LogP contribution in [0.5, 0.6) is 0 Å². The maximum atomic E-state index is 12.7. The first-order valence-corrected chi connectivity index (χ1v) is 10.7. The lowest BCUT2D eigenvalue weighted by atomic mass is 10.1. The van der Waals surface area contributed by atoms with Crippen LogP contribution >= 0.6 is 23.1 Å². The molecular formula is C21H20N2OS2. The molecule has 0 spiro atoms. The fraction of sp³-hybridized carbons (Fsp3) is 0.238. The van der Waals surface area contributed by atoms with Crippen LogP contribution in [0.4, 0.5) is 5.69 Å². The number of rotatable bonds is 5. The molecule has 0 saturated heterocycles. The van der Waals surface area contributed by atoms with Crippen molar-refractivity contribution in [2.75, 3.05) is 10.7 Å². The van der Waals surface area contributed by atoms with Gasteiger partial charge < -0.3 is 4.90 Å². The molecule has 4 rings (SSSR count). The first-order chi connectivity index (χ1) is 12.7. The zero-order chi connectivity index (χ0) is 17.9. The first kappa shape index (κ1) is 17.3. The normalized spacial score (nSPS) is 15.9. The Kier molecular flexibility index (Phi) is 5.09. The molecule has 26 heavy (non-hydrogen) atoms. The van der Waals surface area contributed by atoms with E-state index in [0.29, 0.717) is 5.75 Å². The van der Waals surface area contributed by atoms with E-state index in [2.05, 4.69) is 30.5 Å². The van der Waals surface area contributed by atoms with E-state index in [1.54, 1.807) is 23.1 Å². The van der Waals surface area contributed by atoms with Crippen LogP contribution in [-0.2, 0) is 17.0 Å². The molecule has 1 aromatic heterocycles. The average Bonchev–Trinajstić information content (AvgIpc) is 3.26. The third-order valence-electron chi connectivity index (χ3n) is 4.52. The number of carbonyl (C=O) groups is 1. The lowest BCUT2D eigenvalue weighted by molar-refractivity contribution is -0.116. The topological polar surface area (TPSA) is 33.2 Å². The predicted molar refractivity (Wildman–Crippen MR) is 111 cm³/mol. The highest BCUT2D eigenvalue weighted by Crippen LogP contribution is 2.32. The van der Waals surface area contributed by atoms with E-state index in [9.17, 15) is 4.79 Å². The second-order valence-corrected chi connectivity index (χ2v) is 8.29. The molecule has 1 atom stereocenters. The Morgan fingerprint density at radius 1 is 1.19 bits per heavy atom. The third kappa shape index (κ3) is 3.55. The second-order valence-electron chi connectivity index (χ2n) is 6.45. The number of benzene rings is 2. The molecule has 0 unspecified atom stereocenters. The number of nitrogens with zero attached hydrogens (tertiary/aromatic N) is 2. The van der Waals surface area contributed by atoms with Gasteiger partial charge in [0, 0.05) is 28.4 Å². The molecule has 0 radical (unpaired) electrons. The molecule has 0 N–H and O–H groups in total. The Hall–Kier alpha value is -2.11. The second kappa shape index (κ2) is 7.64. The summed E-state index contributed by atoms with van der Waals surface area (Å²) in [5.41, 5.74) is 4.53. The highest BCUT2D eigenvalue weighted by Gasteiger charge is 2.30. The summed E-state index contributed by atoms with van der Waals surface area (Å²) in [5, 5.41) is 3.13. The zero-order valence-corrected chi connectivity index (χ0v) is 16.2. The molecule has 0 bridgehead atoms. The minimum Gasteiger partial charge on any atom is -0.308 e. The Bertz CT molecular complexity index is 907. The monoisotopic (exact) mass is 380 g/mol. The van der Waals surface area contributed by atoms with Gasteiger partial charge in [-0.15, -0.1) is 23.1 Å². The zero-order valence-electron chi connectivity index (χ0n) is 14.6. The van der Waals surface area contributed by atoms with Gasteiger partial charge in [-0.3, -0.25) is 4.79 Å². The summed E-state index contributed by atoms with van der Waals surface area (Å²) in [6.07, 6.45) is 0.944. The van der Waals surface area contributed by atoms with E-state index < -0.39 is 0 Å². The van der Waals surface area contributed by atoms with Gasteiger partial charge in [0.05, 0.1) is 11.4 Å². The molecular weight excluding hydrogens is 360 g/mol. The minimum absolute atomic E-state index is 0.186. The number of amides is 1. The molecule has 3 aromatic rings. The van der Waals surface area contributed by atoms with E-state index >= 15 is 0 Å². The molecule has 1 aliphatic rings. The Balaban J connectivity index is 1.35. The van der Waals surface area contributed by atoms with Crippen molar-refractivity contribution >= 4 is 34.7 Å². The summed E-state index contributed by atoms with van der Waals surface area (Å²) in [6.45, 7) is 2.12. The van der Waals surface area contributed by atoms with Crippen molar-refractivity contribution in [3.8, 4) is 10.6 Å². The standard InChI is InChI=1S/C21H20N2OS2/c1-15-11-17-9-5-6-10-19(17)23(15)20(24)14-25-12-18-13-26-21(22-18)16-7-3-2-4-8-16/h2-10,13,15H,11-12,14H2,1H3/t15-/m0/s1. The first-order valence-electron chi connectivity index (χ1n) is 8.70. The van der Waals surface area contributed by atoms with Crippen LogP contribution in [-0.4, -0.2) is 22.7 Å². The van der Waals surface area contributed by atoms with Crippen molar-refractivity contribution < 1.29 is 4.79 Å². The summed E-state index contributed by atoms with van der Waals surface area (Å²) in [6, 6.07) is 18.7. The van der Waals surface area contributed by atoms with E-state index in [-0.39, 0.29) is 11.9 Å². The maximum absolute atomic E-state index is 12.7. The van der Waals surface area contributed by atoms with Gasteiger partial charge in [0.1, 0.15) is 5.01 Å². The van der Waals surface area contributed by atoms with Crippen molar-refractivity contribution in [3.63, 3.8) is 0 Å². The number of aromatic nitrogens is 1. The van der Waals surface area contributed by atoms with Gasteiger partial charge in [0.15, 0.2) is 0 Å². The average molecular weight is 381 g/mol. The van der Waals surface area contributed by atoms with E-state index in [0.717, 1.165) is 34.1 Å². The van der Waals surface area contributed by atoms with Gasteiger partial charge in [0.2, 0.25) is 5.91 Å². The smallest absolute Gasteiger partial charge is 0.237 e. The van der Waals surface area contributed by atoms with Crippen LogP contribution in [0.2, 0.25) is 0 Å². The van der Waals surface area contributed by atoms with Crippen molar-refractivity contribution in [1.82, 2.24) is 4.98 Å². The lowest BCUT2D eigenvalue weighted by Crippen LogP contribution is -2.37. The highest BCUT2D eigenvalue weighted by molar-refractivity contribution is 7.99. The molecule has 5 heteroatoms. The quantitative estimate of drug-likeness (QED) is 0.623. The van der Waals surface area contributed by atoms with Gasteiger partial charge in [-0.05, 0) is 25.0 Å². The SMILES string of the molecule is C[C@H]1Cc2ccccc2N1C(=O)CSCc1csc(-c2ccccc2)n1.